The summed E-state index contributed by atoms with van der Waals surface area (Å²) in [5.74, 6) is 0. The summed E-state index contributed by atoms with van der Waals surface area (Å²) in [6.45, 7) is 0. The highest BCUT2D eigenvalue weighted by atomic mass is 127. The maximum absolute atomic E-state index is 11.1. The van der Waals surface area contributed by atoms with Crippen LogP contribution in [0.2, 0.25) is 0 Å². The van der Waals surface area contributed by atoms with Crippen molar-refractivity contribution < 1.29 is 28.7 Å². The second-order valence-electron chi connectivity index (χ2n) is 8.42. The van der Waals surface area contributed by atoms with Gasteiger partial charge >= 0.3 is 7.12 Å². The van der Waals surface area contributed by atoms with Gasteiger partial charge in [0, 0.05) is 42.9 Å². The van der Waals surface area contributed by atoms with E-state index in [1.807, 2.05) is 57.9 Å². The van der Waals surface area contributed by atoms with E-state index in [0.29, 0.717) is 31.1 Å². The first-order valence-electron chi connectivity index (χ1n) is 12.3. The van der Waals surface area contributed by atoms with Crippen LogP contribution in [0.1, 0.15) is 0 Å². The van der Waals surface area contributed by atoms with Crippen LogP contribution < -0.4 is 5.46 Å². The number of hydrogen-bond donors (Lipinski definition) is 2. The van der Waals surface area contributed by atoms with Gasteiger partial charge in [-0.15, -0.1) is 0 Å². The Balaban J connectivity index is 0.000000185. The zero-order chi connectivity index (χ0) is 32.4. The first-order valence-corrected chi connectivity index (χ1v) is 17.1. The van der Waals surface area contributed by atoms with E-state index in [-0.39, 0.29) is 21.2 Å². The minimum atomic E-state index is -1.50. The smallest absolute Gasteiger partial charge is 0.465 e. The van der Waals surface area contributed by atoms with Gasteiger partial charge in [-0.3, -0.25) is 20.2 Å². The maximum Gasteiger partial charge on any atom is 0.492 e. The van der Waals surface area contributed by atoms with Crippen LogP contribution in [-0.2, 0) is 0 Å². The third kappa shape index (κ3) is 8.66. The second kappa shape index (κ2) is 17.0. The highest BCUT2D eigenvalue weighted by Gasteiger charge is 2.20. The maximum atomic E-state index is 11.1. The Hall–Kier alpha value is -2.84. The van der Waals surface area contributed by atoms with Gasteiger partial charge in [-0.2, -0.15) is 0 Å². The number of rotatable bonds is 4. The van der Waals surface area contributed by atoms with Gasteiger partial charge in [0.15, 0.2) is 0 Å². The van der Waals surface area contributed by atoms with E-state index in [9.17, 15) is 20.2 Å². The number of hydrogen-bond acceptors (Lipinski definition) is 8. The number of nitrogens with zero attached hydrogens (tertiary/aromatic N) is 2. The van der Waals surface area contributed by atoms with Crippen LogP contribution in [0.25, 0.3) is 33.1 Å². The fourth-order valence-corrected chi connectivity index (χ4v) is 5.69. The van der Waals surface area contributed by atoms with E-state index in [4.69, 9.17) is 18.9 Å². The van der Waals surface area contributed by atoms with Gasteiger partial charge in [0.1, 0.15) is 11.2 Å². The summed E-state index contributed by atoms with van der Waals surface area (Å²) in [6, 6.07) is 24.3. The Morgan fingerprint density at radius 1 is 0.682 bits per heavy atom. The first kappa shape index (κ1) is 35.6. The van der Waals surface area contributed by atoms with Crippen molar-refractivity contribution in [3.05, 3.63) is 130 Å². The highest BCUT2D eigenvalue weighted by molar-refractivity contribution is 14.1. The lowest BCUT2D eigenvalue weighted by molar-refractivity contribution is -0.385. The molecule has 0 aliphatic carbocycles. The summed E-state index contributed by atoms with van der Waals surface area (Å²) in [7, 11) is -1.50. The molecule has 0 radical (unpaired) electrons. The molecule has 0 spiro atoms. The molecule has 4 aromatic carbocycles. The zero-order valence-electron chi connectivity index (χ0n) is 22.6. The van der Waals surface area contributed by atoms with Gasteiger partial charge < -0.3 is 18.9 Å². The van der Waals surface area contributed by atoms with E-state index in [1.165, 1.54) is 18.4 Å². The van der Waals surface area contributed by atoms with E-state index < -0.39 is 7.12 Å². The van der Waals surface area contributed by atoms with Crippen molar-refractivity contribution in [2.75, 3.05) is 4.93 Å². The van der Waals surface area contributed by atoms with Crippen molar-refractivity contribution in [3.63, 3.8) is 0 Å². The molecule has 0 fully saturated rings. The van der Waals surface area contributed by atoms with Crippen molar-refractivity contribution in [1.82, 2.24) is 0 Å². The van der Waals surface area contributed by atoms with Crippen LogP contribution in [0, 0.1) is 23.8 Å². The number of fused-ring (bicyclic) bond motifs is 2. The lowest BCUT2D eigenvalue weighted by Gasteiger charge is -2.01. The normalized spacial score (nSPS) is 10.1. The number of benzene rings is 4. The van der Waals surface area contributed by atoms with Gasteiger partial charge in [-0.25, -0.2) is 0 Å². The Bertz CT molecular complexity index is 1900. The van der Waals surface area contributed by atoms with Crippen molar-refractivity contribution in [2.24, 2.45) is 0 Å². The van der Waals surface area contributed by atoms with Crippen LogP contribution >= 0.6 is 77.0 Å². The predicted molar refractivity (Wildman–Crippen MR) is 196 cm³/mol. The average molecular weight is 950 g/mol. The molecule has 0 bridgehead atoms. The quantitative estimate of drug-likeness (QED) is 0.0585. The van der Waals surface area contributed by atoms with Crippen LogP contribution in [0.5, 0.6) is 0 Å². The van der Waals surface area contributed by atoms with E-state index >= 15 is 0 Å². The first-order chi connectivity index (χ1) is 21.1. The number of furan rings is 2. The van der Waals surface area contributed by atoms with Crippen molar-refractivity contribution in [3.8, 4) is 11.1 Å². The third-order valence-electron chi connectivity index (χ3n) is 5.84. The molecule has 0 aliphatic heterocycles. The minimum Gasteiger partial charge on any atom is -0.465 e. The molecule has 6 aromatic rings. The summed E-state index contributed by atoms with van der Waals surface area (Å²) < 4.78 is 12.9. The van der Waals surface area contributed by atoms with E-state index in [0.717, 1.165) is 19.9 Å². The molecule has 0 aliphatic rings. The molecule has 10 nitrogen and oxygen atoms in total. The predicted octanol–water partition coefficient (Wildman–Crippen LogP) is 8.90. The SMILES string of the molecule is CI.O=[N+]([O-])c1ccccc1-c1coc2cccc(Br)c12.O=[N+]([O-])c1ccccc1I.OB(O)c1coc2cccc(Br)c12. The highest BCUT2D eigenvalue weighted by Crippen LogP contribution is 2.39. The van der Waals surface area contributed by atoms with Crippen LogP contribution in [0.3, 0.4) is 0 Å². The molecule has 0 saturated carbocycles. The lowest BCUT2D eigenvalue weighted by atomic mass is 9.80. The van der Waals surface area contributed by atoms with Gasteiger partial charge in [0.25, 0.3) is 11.4 Å². The molecule has 6 rings (SSSR count). The zero-order valence-corrected chi connectivity index (χ0v) is 30.1. The van der Waals surface area contributed by atoms with Gasteiger partial charge in [-0.1, -0.05) is 90.8 Å². The summed E-state index contributed by atoms with van der Waals surface area (Å²) in [5, 5.41) is 40.9. The molecule has 0 saturated heterocycles. The summed E-state index contributed by atoms with van der Waals surface area (Å²) in [4.78, 5) is 22.5. The molecule has 2 aromatic heterocycles. The molecule has 0 unspecified atom stereocenters. The molecular formula is C29H21BBr2I2N2O8. The van der Waals surface area contributed by atoms with Gasteiger partial charge in [0.2, 0.25) is 0 Å². The minimum absolute atomic E-state index is 0.0703. The Kier molecular flexibility index (Phi) is 13.8. The molecule has 2 heterocycles. The summed E-state index contributed by atoms with van der Waals surface area (Å²) >= 11 is 10.9. The fraction of sp³-hybridized carbons (Fsp3) is 0.0345. The van der Waals surface area contributed by atoms with Gasteiger partial charge in [0.05, 0.1) is 31.5 Å². The average Bonchev–Trinajstić information content (AvgIpc) is 3.66. The lowest BCUT2D eigenvalue weighted by Crippen LogP contribution is -2.28. The largest absolute Gasteiger partial charge is 0.492 e. The van der Waals surface area contributed by atoms with Crippen molar-refractivity contribution in [1.29, 1.82) is 0 Å². The third-order valence-corrected chi connectivity index (χ3v) is 8.08. The van der Waals surface area contributed by atoms with Crippen molar-refractivity contribution in [2.45, 2.75) is 0 Å². The second-order valence-corrected chi connectivity index (χ2v) is 11.3. The summed E-state index contributed by atoms with van der Waals surface area (Å²) in [6.07, 6.45) is 2.90. The number of para-hydroxylation sites is 2. The van der Waals surface area contributed by atoms with Crippen LogP contribution in [-0.4, -0.2) is 31.9 Å². The summed E-state index contributed by atoms with van der Waals surface area (Å²) in [5.41, 5.74) is 3.22. The molecule has 44 heavy (non-hydrogen) atoms. The monoisotopic (exact) mass is 948 g/mol. The van der Waals surface area contributed by atoms with Gasteiger partial charge in [-0.05, 0) is 63.9 Å². The molecule has 0 atom stereocenters. The van der Waals surface area contributed by atoms with Crippen molar-refractivity contribution >= 4 is 123 Å². The van der Waals surface area contributed by atoms with Crippen LogP contribution in [0.4, 0.5) is 11.4 Å². The number of alkyl halides is 1. The van der Waals surface area contributed by atoms with E-state index in [2.05, 4.69) is 54.5 Å². The molecule has 2 N–H and O–H groups in total. The Morgan fingerprint density at radius 2 is 1.18 bits per heavy atom. The van der Waals surface area contributed by atoms with Crippen LogP contribution in [0.15, 0.2) is 115 Å². The Labute approximate surface area is 295 Å². The molecular weight excluding hydrogens is 929 g/mol. The number of halogens is 4. The number of nitro groups is 2. The fourth-order valence-electron chi connectivity index (χ4n) is 3.96. The van der Waals surface area contributed by atoms with E-state index in [1.54, 1.807) is 48.7 Å². The molecule has 0 amide bonds. The topological polar surface area (TPSA) is 153 Å². The Morgan fingerprint density at radius 3 is 1.73 bits per heavy atom. The molecule has 15 heteroatoms. The number of nitro benzene ring substituents is 2. The molecule has 226 valence electrons. The standard InChI is InChI=1S/C14H8BrNO3.C8H6BBrO3.C6H4INO2.CH3I/c15-11-5-3-7-13-14(11)10(8-19-13)9-4-1-2-6-12(9)16(17)18;10-6-2-1-3-7-8(6)5(4-13-7)9(11)12;7-5-3-1-2-4-6(5)8(9)10;1-2/h1-8H;1-4,11-12H;1-4H;1H3.